The Hall–Kier alpha value is -1.74. The summed E-state index contributed by atoms with van der Waals surface area (Å²) in [7, 11) is 0.639. The molecule has 0 aliphatic carbocycles. The second-order valence-corrected chi connectivity index (χ2v) is 8.99. The van der Waals surface area contributed by atoms with Crippen molar-refractivity contribution >= 4 is 32.4 Å². The van der Waals surface area contributed by atoms with Crippen molar-refractivity contribution in [3.05, 3.63) is 47.6 Å². The van der Waals surface area contributed by atoms with Crippen LogP contribution >= 0.6 is 11.3 Å². The van der Waals surface area contributed by atoms with E-state index < -0.39 is 10.0 Å². The third kappa shape index (κ3) is 4.27. The van der Waals surface area contributed by atoms with Crippen LogP contribution in [0.4, 0.5) is 0 Å². The van der Waals surface area contributed by atoms with Gasteiger partial charge in [-0.2, -0.15) is 0 Å². The topological polar surface area (TPSA) is 67.2 Å². The van der Waals surface area contributed by atoms with Crippen molar-refractivity contribution in [2.75, 3.05) is 27.2 Å². The second-order valence-electron chi connectivity index (χ2n) is 6.05. The number of para-hydroxylation sites is 2. The fraction of sp³-hybridized carbons (Fsp3) is 0.353. The van der Waals surface area contributed by atoms with Gasteiger partial charge in [-0.1, -0.05) is 18.2 Å². The standard InChI is InChI=1S/C17H22N4O2S2/c1-20(2)11-12-21-15-7-4-3-6-14(15)19-16(21)9-10-18-25(22,23)17-8-5-13-24-17/h3-8,13,18H,9-12H2,1-2H3. The average Bonchev–Trinajstić information content (AvgIpc) is 3.21. The lowest BCUT2D eigenvalue weighted by Gasteiger charge is -2.13. The molecule has 0 saturated carbocycles. The molecule has 0 aliphatic heterocycles. The fourth-order valence-electron chi connectivity index (χ4n) is 2.65. The molecule has 3 aromatic rings. The first-order valence-corrected chi connectivity index (χ1v) is 10.5. The van der Waals surface area contributed by atoms with E-state index in [9.17, 15) is 8.42 Å². The van der Waals surface area contributed by atoms with E-state index >= 15 is 0 Å². The molecular weight excluding hydrogens is 356 g/mol. The lowest BCUT2D eigenvalue weighted by molar-refractivity contribution is 0.383. The van der Waals surface area contributed by atoms with Crippen LogP contribution in [0, 0.1) is 0 Å². The van der Waals surface area contributed by atoms with Crippen LogP contribution in [0.2, 0.25) is 0 Å². The minimum Gasteiger partial charge on any atom is -0.327 e. The van der Waals surface area contributed by atoms with Crippen LogP contribution in [-0.2, 0) is 23.0 Å². The second kappa shape index (κ2) is 7.65. The smallest absolute Gasteiger partial charge is 0.250 e. The monoisotopic (exact) mass is 378 g/mol. The number of hydrogen-bond donors (Lipinski definition) is 1. The van der Waals surface area contributed by atoms with Gasteiger partial charge in [0.1, 0.15) is 10.0 Å². The number of thiophene rings is 1. The minimum atomic E-state index is -3.43. The number of rotatable bonds is 8. The first-order valence-electron chi connectivity index (χ1n) is 8.09. The van der Waals surface area contributed by atoms with Gasteiger partial charge in [0.25, 0.3) is 0 Å². The third-order valence-electron chi connectivity index (χ3n) is 3.91. The number of likely N-dealkylation sites (N-methyl/N-ethyl adjacent to an activating group) is 1. The molecule has 0 amide bonds. The molecule has 0 atom stereocenters. The quantitative estimate of drug-likeness (QED) is 0.652. The van der Waals surface area contributed by atoms with Gasteiger partial charge in [0, 0.05) is 26.1 Å². The Labute approximate surface area is 152 Å². The molecule has 2 aromatic heterocycles. The van der Waals surface area contributed by atoms with Crippen molar-refractivity contribution in [2.24, 2.45) is 0 Å². The predicted molar refractivity (Wildman–Crippen MR) is 101 cm³/mol. The van der Waals surface area contributed by atoms with E-state index in [-0.39, 0.29) is 0 Å². The summed E-state index contributed by atoms with van der Waals surface area (Å²) in [4.78, 5) is 6.81. The lowest BCUT2D eigenvalue weighted by atomic mass is 10.3. The average molecular weight is 379 g/mol. The summed E-state index contributed by atoms with van der Waals surface area (Å²) in [5.41, 5.74) is 2.03. The summed E-state index contributed by atoms with van der Waals surface area (Å²) in [6.45, 7) is 2.04. The summed E-state index contributed by atoms with van der Waals surface area (Å²) in [6, 6.07) is 11.4. The van der Waals surface area contributed by atoms with Crippen molar-refractivity contribution in [3.8, 4) is 0 Å². The number of fused-ring (bicyclic) bond motifs is 1. The molecule has 8 heteroatoms. The van der Waals surface area contributed by atoms with Crippen molar-refractivity contribution < 1.29 is 8.42 Å². The highest BCUT2D eigenvalue weighted by molar-refractivity contribution is 7.91. The number of benzene rings is 1. The lowest BCUT2D eigenvalue weighted by Crippen LogP contribution is -2.26. The molecule has 0 bridgehead atoms. The minimum absolute atomic E-state index is 0.325. The zero-order chi connectivity index (χ0) is 17.9. The van der Waals surface area contributed by atoms with Crippen molar-refractivity contribution in [3.63, 3.8) is 0 Å². The van der Waals surface area contributed by atoms with Crippen LogP contribution in [0.25, 0.3) is 11.0 Å². The van der Waals surface area contributed by atoms with E-state index in [0.717, 1.165) is 29.9 Å². The van der Waals surface area contributed by atoms with Crippen LogP contribution in [-0.4, -0.2) is 50.1 Å². The number of sulfonamides is 1. The number of nitrogens with one attached hydrogen (secondary N) is 1. The fourth-order valence-corrected chi connectivity index (χ4v) is 4.72. The van der Waals surface area contributed by atoms with E-state index in [1.807, 2.05) is 32.3 Å². The zero-order valence-electron chi connectivity index (χ0n) is 14.3. The molecule has 0 saturated heterocycles. The van der Waals surface area contributed by atoms with E-state index in [2.05, 4.69) is 25.2 Å². The zero-order valence-corrected chi connectivity index (χ0v) is 16.0. The van der Waals surface area contributed by atoms with E-state index in [1.165, 1.54) is 11.3 Å². The van der Waals surface area contributed by atoms with Gasteiger partial charge in [-0.25, -0.2) is 18.1 Å². The summed E-state index contributed by atoms with van der Waals surface area (Å²) >= 11 is 1.22. The van der Waals surface area contributed by atoms with Crippen LogP contribution < -0.4 is 4.72 Å². The molecule has 3 rings (SSSR count). The van der Waals surface area contributed by atoms with Gasteiger partial charge in [-0.05, 0) is 37.7 Å². The number of nitrogens with zero attached hydrogens (tertiary/aromatic N) is 3. The Morgan fingerprint density at radius 2 is 2.00 bits per heavy atom. The Kier molecular flexibility index (Phi) is 5.53. The molecule has 0 radical (unpaired) electrons. The molecule has 0 unspecified atom stereocenters. The summed E-state index contributed by atoms with van der Waals surface area (Å²) in [6.07, 6.45) is 0.548. The van der Waals surface area contributed by atoms with E-state index in [1.54, 1.807) is 17.5 Å². The van der Waals surface area contributed by atoms with E-state index in [4.69, 9.17) is 0 Å². The van der Waals surface area contributed by atoms with Crippen molar-refractivity contribution in [1.82, 2.24) is 19.2 Å². The third-order valence-corrected chi connectivity index (χ3v) is 6.76. The SMILES string of the molecule is CN(C)CCn1c(CCNS(=O)(=O)c2cccs2)nc2ccccc21. The van der Waals surface area contributed by atoms with Crippen molar-refractivity contribution in [2.45, 2.75) is 17.2 Å². The van der Waals surface area contributed by atoms with Gasteiger partial charge in [-0.3, -0.25) is 0 Å². The van der Waals surface area contributed by atoms with E-state index in [0.29, 0.717) is 17.2 Å². The normalized spacial score (nSPS) is 12.3. The summed E-state index contributed by atoms with van der Waals surface area (Å²) < 4.78 is 29.6. The van der Waals surface area contributed by atoms with Crippen LogP contribution in [0.15, 0.2) is 46.0 Å². The molecule has 0 fully saturated rings. The van der Waals surface area contributed by atoms with Crippen molar-refractivity contribution in [1.29, 1.82) is 0 Å². The van der Waals surface area contributed by atoms with Gasteiger partial charge in [0.15, 0.2) is 0 Å². The molecule has 6 nitrogen and oxygen atoms in total. The van der Waals surface area contributed by atoms with Crippen LogP contribution in [0.3, 0.4) is 0 Å². The maximum atomic E-state index is 12.2. The summed E-state index contributed by atoms with van der Waals surface area (Å²) in [5, 5.41) is 1.76. The molecule has 25 heavy (non-hydrogen) atoms. The highest BCUT2D eigenvalue weighted by Crippen LogP contribution is 2.17. The number of imidazole rings is 1. The number of aromatic nitrogens is 2. The van der Waals surface area contributed by atoms with Gasteiger partial charge >= 0.3 is 0 Å². The molecule has 1 N–H and O–H groups in total. The maximum Gasteiger partial charge on any atom is 0.250 e. The van der Waals surface area contributed by atoms with Gasteiger partial charge in [0.2, 0.25) is 10.0 Å². The highest BCUT2D eigenvalue weighted by atomic mass is 32.2. The van der Waals surface area contributed by atoms with Gasteiger partial charge in [0.05, 0.1) is 11.0 Å². The predicted octanol–water partition coefficient (Wildman–Crippen LogP) is 2.18. The van der Waals surface area contributed by atoms with Gasteiger partial charge in [-0.15, -0.1) is 11.3 Å². The molecule has 0 spiro atoms. The first-order chi connectivity index (χ1) is 12.0. The van der Waals surface area contributed by atoms with Gasteiger partial charge < -0.3 is 9.47 Å². The number of hydrogen-bond acceptors (Lipinski definition) is 5. The Balaban J connectivity index is 1.75. The molecule has 2 heterocycles. The molecular formula is C17H22N4O2S2. The molecule has 134 valence electrons. The Morgan fingerprint density at radius 3 is 2.72 bits per heavy atom. The molecule has 0 aliphatic rings. The van der Waals surface area contributed by atoms with Crippen LogP contribution in [0.5, 0.6) is 0 Å². The first kappa shape index (κ1) is 18.1. The summed E-state index contributed by atoms with van der Waals surface area (Å²) in [5.74, 6) is 0.900. The Bertz CT molecular complexity index is 931. The van der Waals surface area contributed by atoms with Crippen LogP contribution in [0.1, 0.15) is 5.82 Å². The largest absolute Gasteiger partial charge is 0.327 e. The maximum absolute atomic E-state index is 12.2. The molecule has 1 aromatic carbocycles. The highest BCUT2D eigenvalue weighted by Gasteiger charge is 2.16. The Morgan fingerprint density at radius 1 is 1.20 bits per heavy atom.